The number of hydrogen-bond acceptors (Lipinski definition) is 2. The highest BCUT2D eigenvalue weighted by Crippen LogP contribution is 2.32. The fourth-order valence-corrected chi connectivity index (χ4v) is 2.97. The average molecular weight is 344 g/mol. The fourth-order valence-electron chi connectivity index (χ4n) is 2.51. The van der Waals surface area contributed by atoms with E-state index >= 15 is 0 Å². The Kier molecular flexibility index (Phi) is 4.42. The van der Waals surface area contributed by atoms with Gasteiger partial charge in [-0.25, -0.2) is 0 Å². The van der Waals surface area contributed by atoms with Crippen molar-refractivity contribution in [2.45, 2.75) is 19.4 Å². The maximum atomic E-state index is 6.10. The van der Waals surface area contributed by atoms with Gasteiger partial charge < -0.3 is 9.73 Å². The summed E-state index contributed by atoms with van der Waals surface area (Å²) in [4.78, 5) is 0. The normalized spacial score (nSPS) is 12.7. The van der Waals surface area contributed by atoms with E-state index in [2.05, 4.69) is 64.6 Å². The summed E-state index contributed by atoms with van der Waals surface area (Å²) < 4.78 is 7.10. The van der Waals surface area contributed by atoms with Crippen LogP contribution in [0.15, 0.2) is 63.5 Å². The number of rotatable bonds is 5. The van der Waals surface area contributed by atoms with Gasteiger partial charge >= 0.3 is 0 Å². The van der Waals surface area contributed by atoms with Gasteiger partial charge in [-0.15, -0.1) is 0 Å². The zero-order valence-corrected chi connectivity index (χ0v) is 13.6. The molecule has 1 atom stereocenters. The highest BCUT2D eigenvalue weighted by molar-refractivity contribution is 9.10. The Morgan fingerprint density at radius 1 is 1.10 bits per heavy atom. The summed E-state index contributed by atoms with van der Waals surface area (Å²) in [6, 6.07) is 18.8. The van der Waals surface area contributed by atoms with Gasteiger partial charge in [0.05, 0.1) is 10.5 Å². The zero-order valence-electron chi connectivity index (χ0n) is 12.0. The first kappa shape index (κ1) is 14.4. The highest BCUT2D eigenvalue weighted by Gasteiger charge is 2.18. The third-order valence-electron chi connectivity index (χ3n) is 3.53. The second-order valence-corrected chi connectivity index (χ2v) is 5.96. The minimum absolute atomic E-state index is 0.0884. The average Bonchev–Trinajstić information content (AvgIpc) is 2.94. The number of benzene rings is 2. The maximum absolute atomic E-state index is 6.10. The lowest BCUT2D eigenvalue weighted by molar-refractivity contribution is 0.469. The van der Waals surface area contributed by atoms with Crippen molar-refractivity contribution >= 4 is 26.9 Å². The summed E-state index contributed by atoms with van der Waals surface area (Å²) in [5.74, 6) is 0.955. The number of furan rings is 1. The van der Waals surface area contributed by atoms with Crippen LogP contribution in [0.25, 0.3) is 11.0 Å². The molecule has 0 aliphatic heterocycles. The predicted molar refractivity (Wildman–Crippen MR) is 90.5 cm³/mol. The summed E-state index contributed by atoms with van der Waals surface area (Å²) >= 11 is 3.55. The third kappa shape index (κ3) is 3.04. The zero-order chi connectivity index (χ0) is 14.7. The van der Waals surface area contributed by atoms with Crippen LogP contribution >= 0.6 is 15.9 Å². The van der Waals surface area contributed by atoms with Gasteiger partial charge in [0.1, 0.15) is 11.3 Å². The van der Waals surface area contributed by atoms with Crippen LogP contribution in [0, 0.1) is 0 Å². The first-order valence-corrected chi connectivity index (χ1v) is 8.05. The Hall–Kier alpha value is -1.58. The molecule has 3 heteroatoms. The van der Waals surface area contributed by atoms with E-state index in [9.17, 15) is 0 Å². The largest absolute Gasteiger partial charge is 0.458 e. The molecular weight excluding hydrogens is 326 g/mol. The van der Waals surface area contributed by atoms with E-state index in [1.807, 2.05) is 18.2 Å². The molecule has 0 aliphatic carbocycles. The van der Waals surface area contributed by atoms with Gasteiger partial charge in [0.25, 0.3) is 0 Å². The van der Waals surface area contributed by atoms with Crippen molar-refractivity contribution < 1.29 is 4.42 Å². The molecule has 0 saturated carbocycles. The smallest absolute Gasteiger partial charge is 0.148 e. The molecule has 1 aromatic heterocycles. The molecule has 3 rings (SSSR count). The minimum Gasteiger partial charge on any atom is -0.458 e. The van der Waals surface area contributed by atoms with Gasteiger partial charge in [-0.05, 0) is 46.6 Å². The minimum atomic E-state index is 0.0884. The van der Waals surface area contributed by atoms with Crippen LogP contribution in [0.4, 0.5) is 0 Å². The Labute approximate surface area is 133 Å². The molecule has 0 spiro atoms. The number of hydrogen-bond donors (Lipinski definition) is 1. The molecule has 21 heavy (non-hydrogen) atoms. The Balaban J connectivity index is 2.03. The van der Waals surface area contributed by atoms with Crippen LogP contribution < -0.4 is 5.32 Å². The molecule has 0 amide bonds. The summed E-state index contributed by atoms with van der Waals surface area (Å²) in [5.41, 5.74) is 2.13. The number of fused-ring (bicyclic) bond motifs is 1. The van der Waals surface area contributed by atoms with Crippen molar-refractivity contribution in [3.8, 4) is 0 Å². The fraction of sp³-hybridized carbons (Fsp3) is 0.222. The van der Waals surface area contributed by atoms with Crippen molar-refractivity contribution in [3.05, 3.63) is 70.4 Å². The Morgan fingerprint density at radius 2 is 1.90 bits per heavy atom. The van der Waals surface area contributed by atoms with E-state index in [-0.39, 0.29) is 6.04 Å². The van der Waals surface area contributed by atoms with Crippen LogP contribution in [0.1, 0.15) is 30.7 Å². The van der Waals surface area contributed by atoms with Crippen LogP contribution in [0.5, 0.6) is 0 Å². The lowest BCUT2D eigenvalue weighted by Crippen LogP contribution is -2.22. The highest BCUT2D eigenvalue weighted by atomic mass is 79.9. The molecule has 2 nitrogen and oxygen atoms in total. The Morgan fingerprint density at radius 3 is 2.62 bits per heavy atom. The van der Waals surface area contributed by atoms with E-state index in [1.54, 1.807) is 0 Å². The van der Waals surface area contributed by atoms with Crippen molar-refractivity contribution in [2.75, 3.05) is 6.54 Å². The predicted octanol–water partition coefficient (Wildman–Crippen LogP) is 5.28. The first-order valence-electron chi connectivity index (χ1n) is 7.26. The maximum Gasteiger partial charge on any atom is 0.148 e. The molecule has 1 N–H and O–H groups in total. The van der Waals surface area contributed by atoms with Gasteiger partial charge in [0.2, 0.25) is 0 Å². The molecule has 108 valence electrons. The number of halogens is 1. The van der Waals surface area contributed by atoms with Gasteiger partial charge in [0, 0.05) is 5.39 Å². The molecule has 0 aliphatic rings. The molecule has 3 aromatic rings. The first-order chi connectivity index (χ1) is 10.3. The molecule has 1 unspecified atom stereocenters. The number of para-hydroxylation sites is 1. The summed E-state index contributed by atoms with van der Waals surface area (Å²) in [6.45, 7) is 3.13. The van der Waals surface area contributed by atoms with Crippen molar-refractivity contribution in [1.29, 1.82) is 0 Å². The lowest BCUT2D eigenvalue weighted by Gasteiger charge is -2.16. The second kappa shape index (κ2) is 6.46. The lowest BCUT2D eigenvalue weighted by atomic mass is 10.0. The molecule has 0 bridgehead atoms. The second-order valence-electron chi connectivity index (χ2n) is 5.10. The third-order valence-corrected chi connectivity index (χ3v) is 4.16. The molecular formula is C18H18BrNO. The van der Waals surface area contributed by atoms with Gasteiger partial charge in [-0.2, -0.15) is 0 Å². The van der Waals surface area contributed by atoms with E-state index < -0.39 is 0 Å². The van der Waals surface area contributed by atoms with Crippen LogP contribution in [-0.4, -0.2) is 6.54 Å². The monoisotopic (exact) mass is 343 g/mol. The van der Waals surface area contributed by atoms with Gasteiger partial charge in [-0.1, -0.05) is 49.4 Å². The summed E-state index contributed by atoms with van der Waals surface area (Å²) in [5, 5.41) is 4.70. The van der Waals surface area contributed by atoms with E-state index in [0.717, 1.165) is 34.2 Å². The van der Waals surface area contributed by atoms with Gasteiger partial charge in [-0.3, -0.25) is 0 Å². The van der Waals surface area contributed by atoms with E-state index in [4.69, 9.17) is 4.42 Å². The van der Waals surface area contributed by atoms with Crippen LogP contribution in [0.3, 0.4) is 0 Å². The quantitative estimate of drug-likeness (QED) is 0.681. The van der Waals surface area contributed by atoms with Gasteiger partial charge in [0.15, 0.2) is 0 Å². The van der Waals surface area contributed by atoms with Crippen molar-refractivity contribution in [3.63, 3.8) is 0 Å². The number of nitrogens with one attached hydrogen (secondary N) is 1. The summed E-state index contributed by atoms with van der Waals surface area (Å²) in [7, 11) is 0. The van der Waals surface area contributed by atoms with E-state index in [1.165, 1.54) is 5.56 Å². The SMILES string of the molecule is CCCNC(c1ccccc1)c1cc2cccc(Br)c2o1. The molecule has 2 aromatic carbocycles. The molecule has 1 heterocycles. The van der Waals surface area contributed by atoms with Crippen molar-refractivity contribution in [2.24, 2.45) is 0 Å². The van der Waals surface area contributed by atoms with Crippen LogP contribution in [0.2, 0.25) is 0 Å². The topological polar surface area (TPSA) is 25.2 Å². The Bertz CT molecular complexity index is 720. The standard InChI is InChI=1S/C18H18BrNO/c1-2-11-20-17(13-7-4-3-5-8-13)16-12-14-9-6-10-15(19)18(14)21-16/h3-10,12,17,20H,2,11H2,1H3. The molecule has 0 radical (unpaired) electrons. The summed E-state index contributed by atoms with van der Waals surface area (Å²) in [6.07, 6.45) is 1.09. The van der Waals surface area contributed by atoms with E-state index in [0.29, 0.717) is 0 Å². The molecule has 0 fully saturated rings. The van der Waals surface area contributed by atoms with Crippen LogP contribution in [-0.2, 0) is 0 Å². The van der Waals surface area contributed by atoms with Crippen molar-refractivity contribution in [1.82, 2.24) is 5.32 Å². The molecule has 0 saturated heterocycles.